The second-order valence-corrected chi connectivity index (χ2v) is 8.51. The van der Waals surface area contributed by atoms with E-state index in [0.29, 0.717) is 28.9 Å². The number of carbonyl (C=O) groups excluding carboxylic acids is 1. The summed E-state index contributed by atoms with van der Waals surface area (Å²) in [6, 6.07) is 19.4. The zero-order chi connectivity index (χ0) is 21.4. The van der Waals surface area contributed by atoms with Gasteiger partial charge in [0, 0.05) is 31.1 Å². The molecule has 0 radical (unpaired) electrons. The van der Waals surface area contributed by atoms with Crippen molar-refractivity contribution in [3.05, 3.63) is 93.8 Å². The quantitative estimate of drug-likeness (QED) is 0.330. The minimum atomic E-state index is -0.0721. The third-order valence-corrected chi connectivity index (χ3v) is 6.50. The monoisotopic (exact) mass is 411 g/mol. The maximum absolute atomic E-state index is 12.9. The fourth-order valence-electron chi connectivity index (χ4n) is 4.74. The average Bonchev–Trinajstić information content (AvgIpc) is 3.25. The summed E-state index contributed by atoms with van der Waals surface area (Å²) in [5, 5.41) is 2.38. The SMILES string of the molecule is Cc1ccccc1C1CCN(CCC(=O)c2ccc3cc4occc(=O)c4cc3c2)C1. The van der Waals surface area contributed by atoms with E-state index in [0.717, 1.165) is 36.8 Å². The number of rotatable bonds is 5. The van der Waals surface area contributed by atoms with Gasteiger partial charge in [0.25, 0.3) is 0 Å². The number of Topliss-reactive ketones (excluding diaryl/α,β-unsaturated/α-hetero) is 1. The van der Waals surface area contributed by atoms with Crippen LogP contribution in [-0.4, -0.2) is 30.3 Å². The molecule has 1 atom stereocenters. The van der Waals surface area contributed by atoms with Crippen molar-refractivity contribution >= 4 is 27.5 Å². The molecule has 1 aliphatic heterocycles. The zero-order valence-corrected chi connectivity index (χ0v) is 17.6. The second-order valence-electron chi connectivity index (χ2n) is 8.51. The molecule has 1 unspecified atom stereocenters. The Morgan fingerprint density at radius 3 is 2.81 bits per heavy atom. The molecule has 0 N–H and O–H groups in total. The third kappa shape index (κ3) is 3.91. The van der Waals surface area contributed by atoms with Crippen molar-refractivity contribution < 1.29 is 9.21 Å². The summed E-state index contributed by atoms with van der Waals surface area (Å²) in [6.07, 6.45) is 3.06. The van der Waals surface area contributed by atoms with Crippen LogP contribution in [0.5, 0.6) is 0 Å². The maximum Gasteiger partial charge on any atom is 0.192 e. The number of aryl methyl sites for hydroxylation is 1. The Morgan fingerprint density at radius 1 is 1.06 bits per heavy atom. The van der Waals surface area contributed by atoms with Crippen LogP contribution in [0.4, 0.5) is 0 Å². The Balaban J connectivity index is 1.28. The number of fused-ring (bicyclic) bond motifs is 2. The molecule has 1 aromatic heterocycles. The van der Waals surface area contributed by atoms with Crippen LogP contribution < -0.4 is 5.43 Å². The van der Waals surface area contributed by atoms with Crippen molar-refractivity contribution in [2.24, 2.45) is 0 Å². The Labute approximate surface area is 181 Å². The smallest absolute Gasteiger partial charge is 0.192 e. The van der Waals surface area contributed by atoms with Gasteiger partial charge in [-0.05, 0) is 65.9 Å². The minimum absolute atomic E-state index is 0.0721. The molecule has 0 saturated carbocycles. The molecule has 1 fully saturated rings. The fourth-order valence-corrected chi connectivity index (χ4v) is 4.74. The highest BCUT2D eigenvalue weighted by Gasteiger charge is 2.25. The van der Waals surface area contributed by atoms with Crippen LogP contribution in [0.2, 0.25) is 0 Å². The van der Waals surface area contributed by atoms with E-state index >= 15 is 0 Å². The molecule has 4 nitrogen and oxygen atoms in total. The van der Waals surface area contributed by atoms with Crippen LogP contribution in [-0.2, 0) is 0 Å². The number of carbonyl (C=O) groups is 1. The van der Waals surface area contributed by atoms with Gasteiger partial charge < -0.3 is 9.32 Å². The van der Waals surface area contributed by atoms with Crippen molar-refractivity contribution in [3.8, 4) is 0 Å². The van der Waals surface area contributed by atoms with Gasteiger partial charge in [0.15, 0.2) is 11.2 Å². The predicted octanol–water partition coefficient (Wildman–Crippen LogP) is 5.32. The Morgan fingerprint density at radius 2 is 1.94 bits per heavy atom. The van der Waals surface area contributed by atoms with Crippen molar-refractivity contribution in [3.63, 3.8) is 0 Å². The molecular formula is C27H25NO3. The molecule has 0 bridgehead atoms. The van der Waals surface area contributed by atoms with Crippen molar-refractivity contribution in [2.45, 2.75) is 25.7 Å². The van der Waals surface area contributed by atoms with E-state index in [9.17, 15) is 9.59 Å². The van der Waals surface area contributed by atoms with E-state index in [1.165, 1.54) is 23.5 Å². The first-order chi connectivity index (χ1) is 15.1. The first kappa shape index (κ1) is 19.7. The molecule has 0 aliphatic carbocycles. The molecule has 4 aromatic rings. The van der Waals surface area contributed by atoms with Crippen LogP contribution in [0.15, 0.2) is 76.1 Å². The molecule has 1 saturated heterocycles. The highest BCUT2D eigenvalue weighted by molar-refractivity contribution is 6.02. The predicted molar refractivity (Wildman–Crippen MR) is 124 cm³/mol. The van der Waals surface area contributed by atoms with Crippen LogP contribution in [0.25, 0.3) is 21.7 Å². The highest BCUT2D eigenvalue weighted by atomic mass is 16.3. The van der Waals surface area contributed by atoms with Gasteiger partial charge in [-0.2, -0.15) is 0 Å². The summed E-state index contributed by atoms with van der Waals surface area (Å²) in [4.78, 5) is 27.4. The topological polar surface area (TPSA) is 50.5 Å². The highest BCUT2D eigenvalue weighted by Crippen LogP contribution is 2.29. The number of hydrogen-bond donors (Lipinski definition) is 0. The summed E-state index contributed by atoms with van der Waals surface area (Å²) in [5.41, 5.74) is 3.97. The van der Waals surface area contributed by atoms with E-state index in [2.05, 4.69) is 36.1 Å². The van der Waals surface area contributed by atoms with Crippen LogP contribution >= 0.6 is 0 Å². The first-order valence-corrected chi connectivity index (χ1v) is 10.8. The summed E-state index contributed by atoms with van der Waals surface area (Å²) < 4.78 is 5.45. The summed E-state index contributed by atoms with van der Waals surface area (Å²) in [6.45, 7) is 5.00. The van der Waals surface area contributed by atoms with Crippen LogP contribution in [0, 0.1) is 6.92 Å². The summed E-state index contributed by atoms with van der Waals surface area (Å²) in [7, 11) is 0. The van der Waals surface area contributed by atoms with Gasteiger partial charge in [0.2, 0.25) is 0 Å². The molecule has 3 aromatic carbocycles. The number of nitrogens with zero attached hydrogens (tertiary/aromatic N) is 1. The van der Waals surface area contributed by atoms with E-state index in [1.807, 2.05) is 30.3 Å². The van der Waals surface area contributed by atoms with Crippen molar-refractivity contribution in [2.75, 3.05) is 19.6 Å². The summed E-state index contributed by atoms with van der Waals surface area (Å²) in [5.74, 6) is 0.693. The van der Waals surface area contributed by atoms with Gasteiger partial charge in [-0.15, -0.1) is 0 Å². The van der Waals surface area contributed by atoms with E-state index < -0.39 is 0 Å². The van der Waals surface area contributed by atoms with Gasteiger partial charge in [-0.25, -0.2) is 0 Å². The van der Waals surface area contributed by atoms with Gasteiger partial charge in [-0.3, -0.25) is 9.59 Å². The van der Waals surface area contributed by atoms with Gasteiger partial charge in [0.05, 0.1) is 11.6 Å². The maximum atomic E-state index is 12.9. The summed E-state index contributed by atoms with van der Waals surface area (Å²) >= 11 is 0. The number of ketones is 1. The van der Waals surface area contributed by atoms with E-state index in [1.54, 1.807) is 0 Å². The molecular weight excluding hydrogens is 386 g/mol. The zero-order valence-electron chi connectivity index (χ0n) is 17.6. The molecule has 0 amide bonds. The second kappa shape index (κ2) is 8.12. The van der Waals surface area contributed by atoms with Gasteiger partial charge >= 0.3 is 0 Å². The lowest BCUT2D eigenvalue weighted by Crippen LogP contribution is -2.23. The number of hydrogen-bond acceptors (Lipinski definition) is 4. The van der Waals surface area contributed by atoms with Crippen molar-refractivity contribution in [1.29, 1.82) is 0 Å². The first-order valence-electron chi connectivity index (χ1n) is 10.8. The molecule has 5 rings (SSSR count). The van der Waals surface area contributed by atoms with Crippen LogP contribution in [0.1, 0.15) is 40.2 Å². The molecule has 1 aliphatic rings. The fraction of sp³-hybridized carbons (Fsp3) is 0.259. The Hall–Kier alpha value is -3.24. The molecule has 31 heavy (non-hydrogen) atoms. The lowest BCUT2D eigenvalue weighted by Gasteiger charge is -2.17. The third-order valence-electron chi connectivity index (χ3n) is 6.50. The minimum Gasteiger partial charge on any atom is -0.464 e. The molecule has 2 heterocycles. The average molecular weight is 412 g/mol. The largest absolute Gasteiger partial charge is 0.464 e. The van der Waals surface area contributed by atoms with E-state index in [-0.39, 0.29) is 11.2 Å². The molecule has 156 valence electrons. The lowest BCUT2D eigenvalue weighted by molar-refractivity contribution is 0.0969. The van der Waals surface area contributed by atoms with Gasteiger partial charge in [-0.1, -0.05) is 36.4 Å². The molecule has 4 heteroatoms. The number of benzene rings is 3. The Kier molecular flexibility index (Phi) is 5.16. The van der Waals surface area contributed by atoms with Crippen molar-refractivity contribution in [1.82, 2.24) is 4.90 Å². The molecule has 0 spiro atoms. The Bertz CT molecular complexity index is 1340. The number of likely N-dealkylation sites (tertiary alicyclic amines) is 1. The van der Waals surface area contributed by atoms with Crippen LogP contribution in [0.3, 0.4) is 0 Å². The van der Waals surface area contributed by atoms with Gasteiger partial charge in [0.1, 0.15) is 5.58 Å². The normalized spacial score (nSPS) is 16.9. The van der Waals surface area contributed by atoms with E-state index in [4.69, 9.17) is 4.42 Å². The lowest BCUT2D eigenvalue weighted by atomic mass is 9.94. The standard InChI is InChI=1S/C27H25NO3/c1-18-4-2-3-5-23(18)21-8-11-28(17-21)12-9-25(29)20-7-6-19-16-27-24(15-22(19)14-20)26(30)10-13-31-27/h2-7,10,13-16,21H,8-9,11-12,17H2,1H3.